The van der Waals surface area contributed by atoms with Gasteiger partial charge in [0.15, 0.2) is 23.9 Å². The molecule has 1 aromatic heterocycles. The molecule has 3 aromatic rings. The Morgan fingerprint density at radius 2 is 1.91 bits per heavy atom. The molecule has 1 amide bonds. The number of aromatic nitrogens is 2. The molecule has 168 valence electrons. The molecule has 1 aliphatic carbocycles. The van der Waals surface area contributed by atoms with Gasteiger partial charge in [-0.3, -0.25) is 14.7 Å². The van der Waals surface area contributed by atoms with Crippen LogP contribution in [-0.4, -0.2) is 40.7 Å². The minimum absolute atomic E-state index is 0.323. The average Bonchev–Trinajstić information content (AvgIpc) is 3.29. The van der Waals surface area contributed by atoms with E-state index in [1.54, 1.807) is 5.48 Å². The number of rotatable bonds is 9. The first-order valence-corrected chi connectivity index (χ1v) is 10.5. The zero-order chi connectivity index (χ0) is 22.7. The fraction of sp³-hybridized carbons (Fsp3) is 0.304. The molecule has 1 aliphatic rings. The SMILES string of the molecule is CCOc1cccc(Nc2nn(C)c3c2Cc2cc(OCC)c(OCC(=O)NO)cc2-3)c1. The third-order valence-corrected chi connectivity index (χ3v) is 5.13. The predicted octanol–water partition coefficient (Wildman–Crippen LogP) is 3.42. The summed E-state index contributed by atoms with van der Waals surface area (Å²) in [6.07, 6.45) is 0.684. The van der Waals surface area contributed by atoms with Crippen LogP contribution in [0.15, 0.2) is 36.4 Å². The number of hydroxylamine groups is 1. The molecule has 4 rings (SSSR count). The molecule has 2 aromatic carbocycles. The van der Waals surface area contributed by atoms with Crippen LogP contribution in [0.4, 0.5) is 11.5 Å². The van der Waals surface area contributed by atoms with Crippen LogP contribution in [0.5, 0.6) is 17.2 Å². The van der Waals surface area contributed by atoms with Crippen molar-refractivity contribution in [1.82, 2.24) is 15.3 Å². The van der Waals surface area contributed by atoms with Crippen molar-refractivity contribution in [2.45, 2.75) is 20.3 Å². The van der Waals surface area contributed by atoms with Crippen molar-refractivity contribution in [3.8, 4) is 28.5 Å². The molecule has 0 saturated carbocycles. The zero-order valence-electron chi connectivity index (χ0n) is 18.3. The molecule has 32 heavy (non-hydrogen) atoms. The molecular formula is C23H26N4O5. The minimum atomic E-state index is -0.644. The van der Waals surface area contributed by atoms with Gasteiger partial charge in [-0.25, -0.2) is 5.48 Å². The fourth-order valence-electron chi connectivity index (χ4n) is 3.86. The fourth-order valence-corrected chi connectivity index (χ4v) is 3.86. The van der Waals surface area contributed by atoms with Crippen molar-refractivity contribution in [1.29, 1.82) is 0 Å². The molecule has 0 saturated heterocycles. The Bertz CT molecular complexity index is 1140. The number of carbonyl (C=O) groups excluding carboxylic acids is 1. The number of anilines is 2. The lowest BCUT2D eigenvalue weighted by Gasteiger charge is -2.14. The second-order valence-corrected chi connectivity index (χ2v) is 7.27. The van der Waals surface area contributed by atoms with Gasteiger partial charge in [-0.05, 0) is 43.7 Å². The molecule has 1 heterocycles. The number of hydrogen-bond donors (Lipinski definition) is 3. The highest BCUT2D eigenvalue weighted by Crippen LogP contribution is 2.45. The number of amides is 1. The molecule has 0 radical (unpaired) electrons. The third-order valence-electron chi connectivity index (χ3n) is 5.13. The third kappa shape index (κ3) is 4.19. The maximum atomic E-state index is 11.4. The second kappa shape index (κ2) is 9.19. The number of ether oxygens (including phenoxy) is 3. The Hall–Kier alpha value is -3.72. The summed E-state index contributed by atoms with van der Waals surface area (Å²) < 4.78 is 18.8. The smallest absolute Gasteiger partial charge is 0.281 e. The van der Waals surface area contributed by atoms with E-state index in [0.29, 0.717) is 31.1 Å². The Morgan fingerprint density at radius 3 is 2.66 bits per heavy atom. The van der Waals surface area contributed by atoms with Crippen LogP contribution in [0, 0.1) is 0 Å². The highest BCUT2D eigenvalue weighted by molar-refractivity contribution is 5.82. The Balaban J connectivity index is 1.66. The van der Waals surface area contributed by atoms with Gasteiger partial charge in [-0.15, -0.1) is 0 Å². The van der Waals surface area contributed by atoms with Gasteiger partial charge in [0, 0.05) is 36.3 Å². The van der Waals surface area contributed by atoms with Crippen LogP contribution in [0.1, 0.15) is 25.0 Å². The van der Waals surface area contributed by atoms with Crippen molar-refractivity contribution in [3.05, 3.63) is 47.5 Å². The maximum absolute atomic E-state index is 11.4. The van der Waals surface area contributed by atoms with Crippen molar-refractivity contribution < 1.29 is 24.2 Å². The lowest BCUT2D eigenvalue weighted by molar-refractivity contribution is -0.131. The van der Waals surface area contributed by atoms with Gasteiger partial charge in [0.1, 0.15) is 5.75 Å². The van der Waals surface area contributed by atoms with Crippen molar-refractivity contribution in [2.24, 2.45) is 7.05 Å². The molecule has 3 N–H and O–H groups in total. The number of nitrogens with zero attached hydrogens (tertiary/aromatic N) is 2. The second-order valence-electron chi connectivity index (χ2n) is 7.27. The van der Waals surface area contributed by atoms with Gasteiger partial charge in [-0.2, -0.15) is 5.10 Å². The summed E-state index contributed by atoms with van der Waals surface area (Å²) in [5.74, 6) is 1.91. The van der Waals surface area contributed by atoms with Crippen LogP contribution in [-0.2, 0) is 18.3 Å². The molecular weight excluding hydrogens is 412 g/mol. The van der Waals surface area contributed by atoms with E-state index in [-0.39, 0.29) is 6.61 Å². The van der Waals surface area contributed by atoms with Gasteiger partial charge in [-0.1, -0.05) is 6.07 Å². The number of hydrogen-bond acceptors (Lipinski definition) is 7. The van der Waals surface area contributed by atoms with E-state index >= 15 is 0 Å². The quantitative estimate of drug-likeness (QED) is 0.272. The summed E-state index contributed by atoms with van der Waals surface area (Å²) in [5.41, 5.74) is 6.55. The summed E-state index contributed by atoms with van der Waals surface area (Å²) >= 11 is 0. The van der Waals surface area contributed by atoms with E-state index in [1.165, 1.54) is 0 Å². The van der Waals surface area contributed by atoms with Gasteiger partial charge < -0.3 is 19.5 Å². The number of aryl methyl sites for hydroxylation is 1. The highest BCUT2D eigenvalue weighted by atomic mass is 16.5. The van der Waals surface area contributed by atoms with Crippen molar-refractivity contribution in [3.63, 3.8) is 0 Å². The lowest BCUT2D eigenvalue weighted by atomic mass is 10.1. The maximum Gasteiger partial charge on any atom is 0.281 e. The molecule has 0 atom stereocenters. The van der Waals surface area contributed by atoms with Crippen molar-refractivity contribution in [2.75, 3.05) is 25.1 Å². The molecule has 0 unspecified atom stereocenters. The van der Waals surface area contributed by atoms with Gasteiger partial charge >= 0.3 is 0 Å². The summed E-state index contributed by atoms with van der Waals surface area (Å²) in [6, 6.07) is 11.6. The van der Waals surface area contributed by atoms with E-state index in [9.17, 15) is 4.79 Å². The van der Waals surface area contributed by atoms with Crippen LogP contribution in [0.25, 0.3) is 11.3 Å². The number of nitrogens with one attached hydrogen (secondary N) is 2. The number of carbonyl (C=O) groups is 1. The van der Waals surface area contributed by atoms with Crippen LogP contribution >= 0.6 is 0 Å². The molecule has 0 bridgehead atoms. The Labute approximate surface area is 185 Å². The molecule has 9 heteroatoms. The van der Waals surface area contributed by atoms with Crippen molar-refractivity contribution >= 4 is 17.4 Å². The molecule has 9 nitrogen and oxygen atoms in total. The normalized spacial score (nSPS) is 11.5. The standard InChI is InChI=1S/C23H26N4O5/c1-4-30-16-8-6-7-15(11-16)24-23-18-9-14-10-19(31-5-2)20(32-13-21(28)26-29)12-17(14)22(18)27(3)25-23/h6-8,10-12,29H,4-5,9,13H2,1-3H3,(H,24,25)(H,26,28). The summed E-state index contributed by atoms with van der Waals surface area (Å²) in [6.45, 7) is 4.57. The molecule has 0 aliphatic heterocycles. The van der Waals surface area contributed by atoms with E-state index in [2.05, 4.69) is 10.4 Å². The van der Waals surface area contributed by atoms with E-state index < -0.39 is 5.91 Å². The first kappa shape index (κ1) is 21.5. The molecule has 0 spiro atoms. The number of benzene rings is 2. The largest absolute Gasteiger partial charge is 0.494 e. The minimum Gasteiger partial charge on any atom is -0.494 e. The van der Waals surface area contributed by atoms with Gasteiger partial charge in [0.05, 0.1) is 18.9 Å². The Kier molecular flexibility index (Phi) is 6.18. The van der Waals surface area contributed by atoms with Crippen LogP contribution in [0.3, 0.4) is 0 Å². The lowest BCUT2D eigenvalue weighted by Crippen LogP contribution is -2.25. The summed E-state index contributed by atoms with van der Waals surface area (Å²) in [4.78, 5) is 11.4. The number of fused-ring (bicyclic) bond motifs is 3. The topological polar surface area (TPSA) is 107 Å². The summed E-state index contributed by atoms with van der Waals surface area (Å²) in [5, 5.41) is 16.8. The van der Waals surface area contributed by atoms with Crippen LogP contribution in [0.2, 0.25) is 0 Å². The average molecular weight is 438 g/mol. The summed E-state index contributed by atoms with van der Waals surface area (Å²) in [7, 11) is 1.89. The van der Waals surface area contributed by atoms with E-state index in [0.717, 1.165) is 39.6 Å². The van der Waals surface area contributed by atoms with E-state index in [1.807, 2.05) is 62.0 Å². The first-order valence-electron chi connectivity index (χ1n) is 10.5. The zero-order valence-corrected chi connectivity index (χ0v) is 18.3. The monoisotopic (exact) mass is 438 g/mol. The first-order chi connectivity index (χ1) is 15.5. The highest BCUT2D eigenvalue weighted by Gasteiger charge is 2.29. The Morgan fingerprint density at radius 1 is 1.12 bits per heavy atom. The van der Waals surface area contributed by atoms with Gasteiger partial charge in [0.2, 0.25) is 0 Å². The predicted molar refractivity (Wildman–Crippen MR) is 119 cm³/mol. The van der Waals surface area contributed by atoms with Crippen LogP contribution < -0.4 is 25.0 Å². The van der Waals surface area contributed by atoms with Gasteiger partial charge in [0.25, 0.3) is 5.91 Å². The molecule has 0 fully saturated rings. The van der Waals surface area contributed by atoms with E-state index in [4.69, 9.17) is 19.4 Å².